The minimum absolute atomic E-state index is 0.121. The maximum absolute atomic E-state index is 12.1. The number of hydrogen-bond donors (Lipinski definition) is 1. The van der Waals surface area contributed by atoms with Crippen LogP contribution < -0.4 is 5.56 Å². The number of amides is 1. The van der Waals surface area contributed by atoms with Crippen LogP contribution in [0.3, 0.4) is 0 Å². The van der Waals surface area contributed by atoms with Crippen LogP contribution in [-0.2, 0) is 6.42 Å². The van der Waals surface area contributed by atoms with Crippen molar-refractivity contribution >= 4 is 5.91 Å². The molecule has 1 N–H and O–H groups in total. The van der Waals surface area contributed by atoms with E-state index in [2.05, 4.69) is 17.1 Å². The van der Waals surface area contributed by atoms with E-state index in [1.54, 1.807) is 18.0 Å². The van der Waals surface area contributed by atoms with Gasteiger partial charge < -0.3 is 9.88 Å². The summed E-state index contributed by atoms with van der Waals surface area (Å²) in [5.74, 6) is -0.121. The average molecular weight is 270 g/mol. The van der Waals surface area contributed by atoms with Gasteiger partial charge in [-0.15, -0.1) is 0 Å². The highest BCUT2D eigenvalue weighted by Gasteiger charge is 2.11. The number of carbonyl (C=O) groups excluding carboxylic acids is 1. The van der Waals surface area contributed by atoms with Crippen LogP contribution in [-0.4, -0.2) is 29.4 Å². The van der Waals surface area contributed by atoms with E-state index >= 15 is 0 Å². The summed E-state index contributed by atoms with van der Waals surface area (Å²) in [7, 11) is 1.76. The molecule has 1 amide bonds. The van der Waals surface area contributed by atoms with E-state index in [0.717, 1.165) is 12.8 Å². The van der Waals surface area contributed by atoms with Gasteiger partial charge in [-0.25, -0.2) is 0 Å². The summed E-state index contributed by atoms with van der Waals surface area (Å²) in [6.07, 6.45) is 3.33. The van der Waals surface area contributed by atoms with E-state index in [0.29, 0.717) is 12.1 Å². The van der Waals surface area contributed by atoms with Crippen LogP contribution in [0, 0.1) is 0 Å². The Labute approximate surface area is 118 Å². The quantitative estimate of drug-likeness (QED) is 0.904. The molecular weight excluding hydrogens is 252 g/mol. The Morgan fingerprint density at radius 3 is 2.65 bits per heavy atom. The number of aromatic nitrogens is 1. The molecule has 0 aliphatic heterocycles. The predicted molar refractivity (Wildman–Crippen MR) is 78.8 cm³/mol. The minimum atomic E-state index is -0.256. The first-order valence-corrected chi connectivity index (χ1v) is 6.65. The number of nitrogens with zero attached hydrogens (tertiary/aromatic N) is 1. The van der Waals surface area contributed by atoms with E-state index in [-0.39, 0.29) is 11.5 Å². The van der Waals surface area contributed by atoms with Crippen molar-refractivity contribution < 1.29 is 4.79 Å². The van der Waals surface area contributed by atoms with Crippen LogP contribution in [0.25, 0.3) is 0 Å². The maximum Gasteiger partial charge on any atom is 0.253 e. The number of pyridine rings is 1. The molecule has 0 aliphatic rings. The molecular formula is C16H18N2O2. The molecule has 1 aromatic carbocycles. The van der Waals surface area contributed by atoms with Crippen molar-refractivity contribution in [1.29, 1.82) is 0 Å². The molecule has 20 heavy (non-hydrogen) atoms. The van der Waals surface area contributed by atoms with E-state index in [4.69, 9.17) is 0 Å². The van der Waals surface area contributed by atoms with Gasteiger partial charge in [-0.3, -0.25) is 9.59 Å². The van der Waals surface area contributed by atoms with Crippen molar-refractivity contribution in [3.05, 3.63) is 70.1 Å². The van der Waals surface area contributed by atoms with Crippen molar-refractivity contribution in [3.8, 4) is 0 Å². The van der Waals surface area contributed by atoms with Crippen LogP contribution in [0.15, 0.2) is 53.5 Å². The fraction of sp³-hybridized carbons (Fsp3) is 0.250. The highest BCUT2D eigenvalue weighted by atomic mass is 16.2. The molecule has 4 heteroatoms. The molecule has 0 saturated carbocycles. The van der Waals surface area contributed by atoms with Gasteiger partial charge in [-0.05, 0) is 24.5 Å². The molecule has 4 nitrogen and oxygen atoms in total. The third-order valence-electron chi connectivity index (χ3n) is 3.17. The summed E-state index contributed by atoms with van der Waals surface area (Å²) in [6.45, 7) is 0.667. The van der Waals surface area contributed by atoms with Gasteiger partial charge in [0.05, 0.1) is 0 Å². The van der Waals surface area contributed by atoms with Gasteiger partial charge >= 0.3 is 0 Å². The Balaban J connectivity index is 1.87. The highest BCUT2D eigenvalue weighted by molar-refractivity contribution is 5.93. The number of benzene rings is 1. The molecule has 0 bridgehead atoms. The number of aromatic amines is 1. The van der Waals surface area contributed by atoms with E-state index in [9.17, 15) is 9.59 Å². The number of aryl methyl sites for hydroxylation is 1. The molecule has 0 fully saturated rings. The first kappa shape index (κ1) is 14.1. The van der Waals surface area contributed by atoms with Crippen molar-refractivity contribution in [2.75, 3.05) is 13.6 Å². The second-order valence-corrected chi connectivity index (χ2v) is 4.76. The Kier molecular flexibility index (Phi) is 4.71. The summed E-state index contributed by atoms with van der Waals surface area (Å²) >= 11 is 0. The van der Waals surface area contributed by atoms with Gasteiger partial charge in [0.1, 0.15) is 0 Å². The first-order chi connectivity index (χ1) is 9.66. The van der Waals surface area contributed by atoms with Gasteiger partial charge in [0.25, 0.3) is 5.91 Å². The second kappa shape index (κ2) is 6.70. The molecule has 104 valence electrons. The molecule has 0 radical (unpaired) electrons. The highest BCUT2D eigenvalue weighted by Crippen LogP contribution is 2.05. The van der Waals surface area contributed by atoms with Gasteiger partial charge in [-0.1, -0.05) is 30.3 Å². The van der Waals surface area contributed by atoms with Crippen LogP contribution in [0.1, 0.15) is 22.3 Å². The summed E-state index contributed by atoms with van der Waals surface area (Å²) in [4.78, 5) is 27.5. The summed E-state index contributed by atoms with van der Waals surface area (Å²) in [5, 5.41) is 0. The average Bonchev–Trinajstić information content (AvgIpc) is 2.47. The molecule has 2 aromatic rings. The Morgan fingerprint density at radius 1 is 1.20 bits per heavy atom. The Morgan fingerprint density at radius 2 is 1.95 bits per heavy atom. The molecule has 1 aromatic heterocycles. The fourth-order valence-corrected chi connectivity index (χ4v) is 2.06. The van der Waals surface area contributed by atoms with Crippen molar-refractivity contribution in [2.24, 2.45) is 0 Å². The molecule has 2 rings (SSSR count). The topological polar surface area (TPSA) is 53.2 Å². The van der Waals surface area contributed by atoms with Gasteiger partial charge in [0.15, 0.2) is 0 Å². The van der Waals surface area contributed by atoms with Crippen molar-refractivity contribution in [3.63, 3.8) is 0 Å². The van der Waals surface area contributed by atoms with Crippen LogP contribution >= 0.6 is 0 Å². The van der Waals surface area contributed by atoms with Crippen molar-refractivity contribution in [2.45, 2.75) is 12.8 Å². The number of carbonyl (C=O) groups is 1. The lowest BCUT2D eigenvalue weighted by Crippen LogP contribution is -2.28. The summed E-state index contributed by atoms with van der Waals surface area (Å²) < 4.78 is 0. The largest absolute Gasteiger partial charge is 0.342 e. The molecule has 0 unspecified atom stereocenters. The van der Waals surface area contributed by atoms with E-state index < -0.39 is 0 Å². The van der Waals surface area contributed by atoms with Gasteiger partial charge in [0.2, 0.25) is 5.56 Å². The normalized spacial score (nSPS) is 10.2. The Bertz CT molecular complexity index is 620. The number of hydrogen-bond acceptors (Lipinski definition) is 2. The summed E-state index contributed by atoms with van der Waals surface area (Å²) in [5.41, 5.74) is 1.44. The molecule has 0 aliphatic carbocycles. The lowest BCUT2D eigenvalue weighted by molar-refractivity contribution is 0.0793. The third-order valence-corrected chi connectivity index (χ3v) is 3.17. The monoisotopic (exact) mass is 270 g/mol. The van der Waals surface area contributed by atoms with E-state index in [1.807, 2.05) is 18.2 Å². The lowest BCUT2D eigenvalue weighted by Gasteiger charge is -2.16. The van der Waals surface area contributed by atoms with Crippen LogP contribution in [0.5, 0.6) is 0 Å². The minimum Gasteiger partial charge on any atom is -0.342 e. The van der Waals surface area contributed by atoms with Crippen LogP contribution in [0.4, 0.5) is 0 Å². The number of nitrogens with one attached hydrogen (secondary N) is 1. The van der Waals surface area contributed by atoms with Crippen LogP contribution in [0.2, 0.25) is 0 Å². The second-order valence-electron chi connectivity index (χ2n) is 4.76. The molecule has 1 heterocycles. The lowest BCUT2D eigenvalue weighted by atomic mass is 10.1. The van der Waals surface area contributed by atoms with Gasteiger partial charge in [0, 0.05) is 31.4 Å². The summed E-state index contributed by atoms with van der Waals surface area (Å²) in [6, 6.07) is 13.1. The molecule has 0 spiro atoms. The SMILES string of the molecule is CN(CCCc1ccccc1)C(=O)c1cc[nH]c(=O)c1. The molecule has 0 saturated heterocycles. The zero-order valence-corrected chi connectivity index (χ0v) is 11.5. The third kappa shape index (κ3) is 3.82. The van der Waals surface area contributed by atoms with E-state index in [1.165, 1.54) is 17.8 Å². The molecule has 0 atom stereocenters. The Hall–Kier alpha value is -2.36. The number of H-pyrrole nitrogens is 1. The fourth-order valence-electron chi connectivity index (χ4n) is 2.06. The standard InChI is InChI=1S/C16H18N2O2/c1-18(11-5-8-13-6-3-2-4-7-13)16(20)14-9-10-17-15(19)12-14/h2-4,6-7,9-10,12H,5,8,11H2,1H3,(H,17,19). The number of rotatable bonds is 5. The van der Waals surface area contributed by atoms with Gasteiger partial charge in [-0.2, -0.15) is 0 Å². The zero-order chi connectivity index (χ0) is 14.4. The van der Waals surface area contributed by atoms with Crippen molar-refractivity contribution in [1.82, 2.24) is 9.88 Å². The first-order valence-electron chi connectivity index (χ1n) is 6.65. The smallest absolute Gasteiger partial charge is 0.253 e. The maximum atomic E-state index is 12.1. The predicted octanol–water partition coefficient (Wildman–Crippen LogP) is 2.08. The zero-order valence-electron chi connectivity index (χ0n) is 11.5.